The molecule has 0 unspecified atom stereocenters. The quantitative estimate of drug-likeness (QED) is 0.0661. The smallest absolute Gasteiger partial charge is 0.305 e. The number of hydrogen-bond acceptors (Lipinski definition) is 9. The molecule has 3 aromatic rings. The highest BCUT2D eigenvalue weighted by atomic mass is 16.4. The molecule has 0 fully saturated rings. The van der Waals surface area contributed by atoms with Crippen LogP contribution in [0.25, 0.3) is 10.9 Å². The third kappa shape index (κ3) is 9.99. The van der Waals surface area contributed by atoms with Crippen LogP contribution in [0, 0.1) is 0 Å². The average molecular weight is 653 g/mol. The van der Waals surface area contributed by atoms with Crippen molar-refractivity contribution in [1.82, 2.24) is 46.6 Å². The summed E-state index contributed by atoms with van der Waals surface area (Å²) in [5, 5.41) is 30.4. The average Bonchev–Trinajstić information content (AvgIpc) is 3.65. The molecule has 0 spiro atoms. The molecule has 0 aliphatic carbocycles. The molecule has 1 aromatic carbocycles. The summed E-state index contributed by atoms with van der Waals surface area (Å²) >= 11 is 0. The van der Waals surface area contributed by atoms with Crippen LogP contribution < -0.4 is 38.1 Å². The Morgan fingerprint density at radius 1 is 0.936 bits per heavy atom. The number of nitrogens with one attached hydrogen (secondary N) is 6. The van der Waals surface area contributed by atoms with Gasteiger partial charge in [-0.25, -0.2) is 4.68 Å². The lowest BCUT2D eigenvalue weighted by Gasteiger charge is -2.23. The van der Waals surface area contributed by atoms with Crippen molar-refractivity contribution in [2.45, 2.75) is 56.9 Å². The molecule has 5 amide bonds. The summed E-state index contributed by atoms with van der Waals surface area (Å²) in [7, 11) is 0. The fraction of sp³-hybridized carbons (Fsp3) is 0.393. The fourth-order valence-electron chi connectivity index (χ4n) is 4.88. The number of fused-ring (bicyclic) bond motifs is 3. The summed E-state index contributed by atoms with van der Waals surface area (Å²) in [6.45, 7) is -1.01. The first-order valence-corrected chi connectivity index (χ1v) is 14.6. The molecule has 0 saturated heterocycles. The van der Waals surface area contributed by atoms with Crippen molar-refractivity contribution in [2.75, 3.05) is 13.1 Å². The first kappa shape index (κ1) is 33.9. The zero-order valence-corrected chi connectivity index (χ0v) is 25.2. The summed E-state index contributed by atoms with van der Waals surface area (Å²) in [4.78, 5) is 83.9. The Labute approximate surface area is 267 Å². The van der Waals surface area contributed by atoms with Gasteiger partial charge in [-0.3, -0.25) is 33.8 Å². The number of benzene rings is 1. The van der Waals surface area contributed by atoms with Crippen molar-refractivity contribution in [1.29, 1.82) is 0 Å². The molecule has 47 heavy (non-hydrogen) atoms. The van der Waals surface area contributed by atoms with E-state index in [9.17, 15) is 33.9 Å². The third-order valence-electron chi connectivity index (χ3n) is 7.12. The van der Waals surface area contributed by atoms with E-state index in [2.05, 4.69) is 46.9 Å². The summed E-state index contributed by atoms with van der Waals surface area (Å²) in [6.07, 6.45) is 2.76. The fourth-order valence-corrected chi connectivity index (χ4v) is 4.88. The number of aromatic nitrogens is 4. The van der Waals surface area contributed by atoms with Gasteiger partial charge in [-0.05, 0) is 24.5 Å². The highest BCUT2D eigenvalue weighted by Crippen LogP contribution is 2.19. The first-order valence-electron chi connectivity index (χ1n) is 14.6. The van der Waals surface area contributed by atoms with Crippen LogP contribution >= 0.6 is 0 Å². The molecule has 4 rings (SSSR count). The Morgan fingerprint density at radius 2 is 1.66 bits per heavy atom. The number of nitrogens with two attached hydrogens (primary N) is 2. The zero-order chi connectivity index (χ0) is 33.9. The molecule has 19 heteroatoms. The van der Waals surface area contributed by atoms with Crippen molar-refractivity contribution in [3.05, 3.63) is 47.9 Å². The van der Waals surface area contributed by atoms with E-state index in [0.29, 0.717) is 0 Å². The van der Waals surface area contributed by atoms with Gasteiger partial charge in [-0.15, -0.1) is 5.10 Å². The van der Waals surface area contributed by atoms with Gasteiger partial charge in [0.05, 0.1) is 25.7 Å². The van der Waals surface area contributed by atoms with Crippen LogP contribution in [0.2, 0.25) is 0 Å². The monoisotopic (exact) mass is 652 g/mol. The van der Waals surface area contributed by atoms with E-state index >= 15 is 0 Å². The number of aromatic amines is 1. The second-order valence-corrected chi connectivity index (χ2v) is 10.8. The van der Waals surface area contributed by atoms with Crippen molar-refractivity contribution in [3.63, 3.8) is 0 Å². The molecular weight excluding hydrogens is 616 g/mol. The van der Waals surface area contributed by atoms with E-state index in [0.717, 1.165) is 16.5 Å². The second-order valence-electron chi connectivity index (χ2n) is 10.8. The summed E-state index contributed by atoms with van der Waals surface area (Å²) in [5.41, 5.74) is 12.6. The predicted octanol–water partition coefficient (Wildman–Crippen LogP) is -3.27. The van der Waals surface area contributed by atoms with Crippen molar-refractivity contribution in [3.8, 4) is 0 Å². The molecule has 19 nitrogen and oxygen atoms in total. The van der Waals surface area contributed by atoms with Gasteiger partial charge in [0.2, 0.25) is 29.5 Å². The van der Waals surface area contributed by atoms with E-state index in [4.69, 9.17) is 11.5 Å². The van der Waals surface area contributed by atoms with Crippen LogP contribution in [-0.4, -0.2) is 97.8 Å². The zero-order valence-electron chi connectivity index (χ0n) is 25.2. The molecule has 0 radical (unpaired) electrons. The molecule has 3 heterocycles. The predicted molar refractivity (Wildman–Crippen MR) is 165 cm³/mol. The maximum Gasteiger partial charge on any atom is 0.305 e. The number of aliphatic carboxylic acids is 1. The van der Waals surface area contributed by atoms with Crippen LogP contribution in [0.3, 0.4) is 0 Å². The van der Waals surface area contributed by atoms with Crippen molar-refractivity contribution in [2.24, 2.45) is 16.5 Å². The highest BCUT2D eigenvalue weighted by molar-refractivity contribution is 5.95. The molecule has 1 aliphatic rings. The maximum atomic E-state index is 13.7. The number of carbonyl (C=O) groups excluding carboxylic acids is 5. The minimum atomic E-state index is -1.47. The van der Waals surface area contributed by atoms with Crippen LogP contribution in [0.1, 0.15) is 30.5 Å². The van der Waals surface area contributed by atoms with Crippen LogP contribution in [0.4, 0.5) is 0 Å². The number of H-pyrrole nitrogens is 1. The number of carboxylic acids is 1. The molecule has 2 aromatic heterocycles. The minimum Gasteiger partial charge on any atom is -0.481 e. The van der Waals surface area contributed by atoms with E-state index in [1.165, 1.54) is 10.9 Å². The Balaban J connectivity index is 1.61. The number of carboxylic acid groups (broad SMARTS) is 1. The molecule has 1 aliphatic heterocycles. The molecule has 0 saturated carbocycles. The number of hydrogen-bond donors (Lipinski definition) is 9. The standard InChI is InChI=1S/C28H36N12O7/c29-28(30)31-7-3-6-19-25(45)34-12-22(41)35-21(9-24(43)44)26(46)33-11-16-13-40(39-38-16)14-23(42)36-20(27(47)37-19)8-15-10-32-18-5-2-1-4-17(15)18/h1-2,4-5,10,13,19-21,32H,3,6-9,11-12,14H2,(H,33,46)(H,34,45)(H,35,41)(H,36,42)(H,37,47)(H,43,44)(H4,29,30,31)/t19-,20+,21-/m1/s1. The lowest BCUT2D eigenvalue weighted by molar-refractivity contribution is -0.140. The summed E-state index contributed by atoms with van der Waals surface area (Å²) in [5.74, 6) is -5.19. The number of aliphatic imine (C=N–C) groups is 1. The van der Waals surface area contributed by atoms with Gasteiger partial charge in [0.1, 0.15) is 30.4 Å². The molecule has 2 bridgehead atoms. The Hall–Kier alpha value is -6.01. The lowest BCUT2D eigenvalue weighted by atomic mass is 10.0. The van der Waals surface area contributed by atoms with E-state index in [-0.39, 0.29) is 50.6 Å². The second kappa shape index (κ2) is 15.8. The van der Waals surface area contributed by atoms with Gasteiger partial charge in [-0.1, -0.05) is 23.4 Å². The normalized spacial score (nSPS) is 20.0. The van der Waals surface area contributed by atoms with E-state index in [1.807, 2.05) is 24.3 Å². The van der Waals surface area contributed by atoms with Crippen LogP contribution in [0.5, 0.6) is 0 Å². The van der Waals surface area contributed by atoms with Crippen LogP contribution in [0.15, 0.2) is 41.7 Å². The molecular formula is C28H36N12O7. The Bertz CT molecular complexity index is 1660. The van der Waals surface area contributed by atoms with Gasteiger partial charge in [-0.2, -0.15) is 0 Å². The van der Waals surface area contributed by atoms with Gasteiger partial charge in [0.15, 0.2) is 5.96 Å². The topological polar surface area (TPSA) is 294 Å². The molecule has 11 N–H and O–H groups in total. The number of guanidine groups is 1. The SMILES string of the molecule is NC(N)=NCCC[C@H]1NC(=O)[C@H](Cc2c[nH]c3ccccc23)NC(=O)Cn2cc(nn2)CNC(=O)[C@@H](CC(=O)O)NC(=O)CNC1=O. The number of carbonyl (C=O) groups is 6. The molecule has 250 valence electrons. The summed E-state index contributed by atoms with van der Waals surface area (Å²) < 4.78 is 1.20. The number of rotatable bonds is 8. The Kier molecular flexibility index (Phi) is 11.4. The first-order chi connectivity index (χ1) is 22.5. The minimum absolute atomic E-state index is 0.0511. The van der Waals surface area contributed by atoms with Gasteiger partial charge in [0, 0.05) is 30.1 Å². The van der Waals surface area contributed by atoms with E-state index < -0.39 is 66.6 Å². The molecule has 3 atom stereocenters. The number of para-hydroxylation sites is 1. The van der Waals surface area contributed by atoms with Crippen molar-refractivity contribution < 1.29 is 33.9 Å². The maximum absolute atomic E-state index is 13.7. The van der Waals surface area contributed by atoms with Gasteiger partial charge in [0.25, 0.3) is 0 Å². The summed E-state index contributed by atoms with van der Waals surface area (Å²) in [6, 6.07) is 3.62. The third-order valence-corrected chi connectivity index (χ3v) is 7.12. The largest absolute Gasteiger partial charge is 0.481 e. The highest BCUT2D eigenvalue weighted by Gasteiger charge is 2.29. The van der Waals surface area contributed by atoms with Gasteiger partial charge < -0.3 is 48.1 Å². The van der Waals surface area contributed by atoms with E-state index in [1.54, 1.807) is 6.20 Å². The Morgan fingerprint density at radius 3 is 2.43 bits per heavy atom. The lowest BCUT2D eigenvalue weighted by Crippen LogP contribution is -2.56. The number of amides is 5. The van der Waals surface area contributed by atoms with Crippen LogP contribution in [-0.2, 0) is 48.3 Å². The van der Waals surface area contributed by atoms with Gasteiger partial charge >= 0.3 is 5.97 Å². The van der Waals surface area contributed by atoms with Crippen molar-refractivity contribution >= 4 is 52.4 Å². The number of nitrogens with zero attached hydrogens (tertiary/aromatic N) is 4.